The molecule has 2 amide bonds. The van der Waals surface area contributed by atoms with Crippen molar-refractivity contribution >= 4 is 17.6 Å². The first-order valence-electron chi connectivity index (χ1n) is 11.3. The smallest absolute Gasteiger partial charge is 0.275 e. The summed E-state index contributed by atoms with van der Waals surface area (Å²) in [5.74, 6) is 1.29. The molecule has 4 heterocycles. The summed E-state index contributed by atoms with van der Waals surface area (Å²) >= 11 is 0. The zero-order valence-electron chi connectivity index (χ0n) is 18.0. The fraction of sp³-hybridized carbons (Fsp3) is 0.500. The van der Waals surface area contributed by atoms with Crippen LogP contribution in [-0.2, 0) is 11.2 Å². The number of amides is 2. The van der Waals surface area contributed by atoms with Gasteiger partial charge in [0.15, 0.2) is 0 Å². The molecule has 0 bridgehead atoms. The zero-order chi connectivity index (χ0) is 21.5. The molecule has 0 atom stereocenters. The van der Waals surface area contributed by atoms with Crippen LogP contribution in [0.25, 0.3) is 0 Å². The van der Waals surface area contributed by atoms with Crippen LogP contribution in [0.15, 0.2) is 42.7 Å². The van der Waals surface area contributed by atoms with Gasteiger partial charge in [-0.1, -0.05) is 6.07 Å². The van der Waals surface area contributed by atoms with Crippen LogP contribution < -0.4 is 5.32 Å². The zero-order valence-corrected chi connectivity index (χ0v) is 18.0. The Hall–Kier alpha value is -2.80. The van der Waals surface area contributed by atoms with E-state index in [0.717, 1.165) is 64.7 Å². The van der Waals surface area contributed by atoms with E-state index in [4.69, 9.17) is 0 Å². The number of likely N-dealkylation sites (tertiary alicyclic amines) is 2. The molecule has 0 saturated carbocycles. The molecule has 7 heteroatoms. The van der Waals surface area contributed by atoms with E-state index < -0.39 is 0 Å². The third kappa shape index (κ3) is 6.10. The standard InChI is InChI=1S/C24H31N5O2/c30-23(29-13-3-4-14-29)18-28-15-9-19(10-16-28)6-7-20-8-12-26-22(17-20)27-24(31)21-5-1-2-11-25-21/h1-2,5,8,11-12,17,19H,3-4,6-7,9-10,13-16,18H2,(H,26,27,31). The molecule has 0 aromatic carbocycles. The number of carbonyl (C=O) groups excluding carboxylic acids is 2. The van der Waals surface area contributed by atoms with Crippen LogP contribution in [0.5, 0.6) is 0 Å². The van der Waals surface area contributed by atoms with Gasteiger partial charge in [-0.2, -0.15) is 0 Å². The highest BCUT2D eigenvalue weighted by atomic mass is 16.2. The number of hydrogen-bond acceptors (Lipinski definition) is 5. The van der Waals surface area contributed by atoms with Gasteiger partial charge in [0.1, 0.15) is 11.5 Å². The molecule has 2 aliphatic rings. The number of aromatic nitrogens is 2. The summed E-state index contributed by atoms with van der Waals surface area (Å²) in [5.41, 5.74) is 1.56. The third-order valence-corrected chi connectivity index (χ3v) is 6.33. The minimum Gasteiger partial charge on any atom is -0.342 e. The molecule has 0 aliphatic carbocycles. The number of hydrogen-bond donors (Lipinski definition) is 1. The summed E-state index contributed by atoms with van der Waals surface area (Å²) in [6.07, 6.45) is 10.0. The average molecular weight is 422 g/mol. The number of anilines is 1. The predicted octanol–water partition coefficient (Wildman–Crippen LogP) is 3.00. The predicted molar refractivity (Wildman–Crippen MR) is 120 cm³/mol. The summed E-state index contributed by atoms with van der Waals surface area (Å²) in [5, 5.41) is 2.83. The lowest BCUT2D eigenvalue weighted by Crippen LogP contribution is -2.42. The summed E-state index contributed by atoms with van der Waals surface area (Å²) in [6, 6.07) is 9.22. The van der Waals surface area contributed by atoms with Crippen LogP contribution >= 0.6 is 0 Å². The van der Waals surface area contributed by atoms with Crippen molar-refractivity contribution in [2.45, 2.75) is 38.5 Å². The van der Waals surface area contributed by atoms with Crippen LogP contribution in [0, 0.1) is 5.92 Å². The molecule has 4 rings (SSSR count). The van der Waals surface area contributed by atoms with Crippen LogP contribution in [0.2, 0.25) is 0 Å². The second-order valence-electron chi connectivity index (χ2n) is 8.56. The highest BCUT2D eigenvalue weighted by Crippen LogP contribution is 2.23. The number of piperidine rings is 1. The monoisotopic (exact) mass is 421 g/mol. The number of aryl methyl sites for hydroxylation is 1. The first kappa shape index (κ1) is 21.4. The fourth-order valence-electron chi connectivity index (χ4n) is 4.44. The van der Waals surface area contributed by atoms with E-state index in [2.05, 4.69) is 20.2 Å². The Morgan fingerprint density at radius 1 is 1.00 bits per heavy atom. The number of nitrogens with zero attached hydrogens (tertiary/aromatic N) is 4. The van der Waals surface area contributed by atoms with E-state index in [1.165, 1.54) is 5.56 Å². The topological polar surface area (TPSA) is 78.4 Å². The summed E-state index contributed by atoms with van der Waals surface area (Å²) in [7, 11) is 0. The van der Waals surface area contributed by atoms with Crippen molar-refractivity contribution in [2.24, 2.45) is 5.92 Å². The van der Waals surface area contributed by atoms with Gasteiger partial charge in [0.05, 0.1) is 6.54 Å². The number of nitrogens with one attached hydrogen (secondary N) is 1. The van der Waals surface area contributed by atoms with Gasteiger partial charge in [-0.15, -0.1) is 0 Å². The van der Waals surface area contributed by atoms with Crippen molar-refractivity contribution in [2.75, 3.05) is 38.0 Å². The van der Waals surface area contributed by atoms with Crippen molar-refractivity contribution in [1.82, 2.24) is 19.8 Å². The maximum atomic E-state index is 12.3. The molecule has 2 saturated heterocycles. The Labute approximate surface area is 183 Å². The number of rotatable bonds is 7. The first-order chi connectivity index (χ1) is 15.2. The molecule has 0 unspecified atom stereocenters. The van der Waals surface area contributed by atoms with Gasteiger partial charge in [0.2, 0.25) is 5.91 Å². The van der Waals surface area contributed by atoms with Gasteiger partial charge in [-0.3, -0.25) is 19.5 Å². The Morgan fingerprint density at radius 3 is 2.55 bits per heavy atom. The van der Waals surface area contributed by atoms with Crippen LogP contribution in [0.1, 0.15) is 48.2 Å². The minimum absolute atomic E-state index is 0.249. The van der Waals surface area contributed by atoms with Crippen molar-refractivity contribution in [3.8, 4) is 0 Å². The highest BCUT2D eigenvalue weighted by Gasteiger charge is 2.24. The summed E-state index contributed by atoms with van der Waals surface area (Å²) in [4.78, 5) is 37.3. The largest absolute Gasteiger partial charge is 0.342 e. The fourth-order valence-corrected chi connectivity index (χ4v) is 4.44. The second-order valence-corrected chi connectivity index (χ2v) is 8.56. The summed E-state index contributed by atoms with van der Waals surface area (Å²) in [6.45, 7) is 4.46. The molecule has 0 radical (unpaired) electrons. The minimum atomic E-state index is -0.249. The Balaban J connectivity index is 1.21. The molecule has 2 aliphatic heterocycles. The molecule has 0 spiro atoms. The number of carbonyl (C=O) groups is 2. The first-order valence-corrected chi connectivity index (χ1v) is 11.3. The van der Waals surface area contributed by atoms with E-state index in [1.54, 1.807) is 30.6 Å². The molecule has 2 fully saturated rings. The molecular weight excluding hydrogens is 390 g/mol. The SMILES string of the molecule is O=C(Nc1cc(CCC2CCN(CC(=O)N3CCCC3)CC2)ccn1)c1ccccn1. The van der Waals surface area contributed by atoms with E-state index in [0.29, 0.717) is 29.9 Å². The molecule has 1 N–H and O–H groups in total. The molecule has 31 heavy (non-hydrogen) atoms. The maximum Gasteiger partial charge on any atom is 0.275 e. The Morgan fingerprint density at radius 2 is 1.81 bits per heavy atom. The normalized spacial score (nSPS) is 17.6. The van der Waals surface area contributed by atoms with Crippen LogP contribution in [-0.4, -0.2) is 64.3 Å². The lowest BCUT2D eigenvalue weighted by Gasteiger charge is -2.32. The Bertz CT molecular complexity index is 875. The molecular formula is C24H31N5O2. The van der Waals surface area contributed by atoms with Crippen LogP contribution in [0.4, 0.5) is 5.82 Å². The van der Waals surface area contributed by atoms with Gasteiger partial charge in [-0.25, -0.2) is 4.98 Å². The summed E-state index contributed by atoms with van der Waals surface area (Å²) < 4.78 is 0. The van der Waals surface area contributed by atoms with Crippen molar-refractivity contribution in [3.63, 3.8) is 0 Å². The van der Waals surface area contributed by atoms with E-state index in [9.17, 15) is 9.59 Å². The third-order valence-electron chi connectivity index (χ3n) is 6.33. The Kier molecular flexibility index (Phi) is 7.25. The molecule has 2 aromatic heterocycles. The molecule has 2 aromatic rings. The van der Waals surface area contributed by atoms with E-state index in [-0.39, 0.29) is 5.91 Å². The van der Waals surface area contributed by atoms with Gasteiger partial charge >= 0.3 is 0 Å². The maximum absolute atomic E-state index is 12.3. The van der Waals surface area contributed by atoms with E-state index >= 15 is 0 Å². The number of pyridine rings is 2. The van der Waals surface area contributed by atoms with Gasteiger partial charge in [0, 0.05) is 25.5 Å². The quantitative estimate of drug-likeness (QED) is 0.744. The van der Waals surface area contributed by atoms with Crippen molar-refractivity contribution in [3.05, 3.63) is 54.0 Å². The lowest BCUT2D eigenvalue weighted by atomic mass is 9.90. The van der Waals surface area contributed by atoms with Crippen molar-refractivity contribution < 1.29 is 9.59 Å². The van der Waals surface area contributed by atoms with Gasteiger partial charge < -0.3 is 10.2 Å². The average Bonchev–Trinajstić information content (AvgIpc) is 3.35. The van der Waals surface area contributed by atoms with E-state index in [1.807, 2.05) is 17.0 Å². The second kappa shape index (κ2) is 10.5. The molecule has 164 valence electrons. The lowest BCUT2D eigenvalue weighted by molar-refractivity contribution is -0.131. The highest BCUT2D eigenvalue weighted by molar-refractivity contribution is 6.02. The van der Waals surface area contributed by atoms with Crippen molar-refractivity contribution in [1.29, 1.82) is 0 Å². The van der Waals surface area contributed by atoms with Gasteiger partial charge in [0.25, 0.3) is 5.91 Å². The van der Waals surface area contributed by atoms with Gasteiger partial charge in [-0.05, 0) is 87.4 Å². The molecule has 7 nitrogen and oxygen atoms in total. The van der Waals surface area contributed by atoms with Crippen LogP contribution in [0.3, 0.4) is 0 Å².